The van der Waals surface area contributed by atoms with E-state index in [1.165, 1.54) is 74.5 Å². The van der Waals surface area contributed by atoms with Crippen LogP contribution in [0, 0.1) is 0 Å². The van der Waals surface area contributed by atoms with E-state index in [1.807, 2.05) is 23.1 Å². The molecule has 59 heavy (non-hydrogen) atoms. The Balaban J connectivity index is 0.980. The van der Waals surface area contributed by atoms with Crippen LogP contribution in [0.15, 0.2) is 222 Å². The van der Waals surface area contributed by atoms with Crippen molar-refractivity contribution in [3.8, 4) is 22.3 Å². The third-order valence-corrected chi connectivity index (χ3v) is 14.4. The maximum absolute atomic E-state index is 3.91. The summed E-state index contributed by atoms with van der Waals surface area (Å²) in [6, 6.07) is 77.8. The van der Waals surface area contributed by atoms with Crippen molar-refractivity contribution >= 4 is 71.7 Å². The number of thiophene rings is 1. The minimum absolute atomic E-state index is 0.423. The molecule has 9 aromatic carbocycles. The summed E-state index contributed by atoms with van der Waals surface area (Å²) in [5.41, 5.74) is 15.7. The number of anilines is 5. The maximum atomic E-state index is 3.91. The summed E-state index contributed by atoms with van der Waals surface area (Å²) < 4.78 is 2.52. The van der Waals surface area contributed by atoms with E-state index in [0.29, 0.717) is 0 Å². The van der Waals surface area contributed by atoms with Crippen LogP contribution in [0.25, 0.3) is 42.4 Å². The first-order valence-corrected chi connectivity index (χ1v) is 21.7. The van der Waals surface area contributed by atoms with Gasteiger partial charge >= 0.3 is 0 Å². The fourth-order valence-electron chi connectivity index (χ4n) is 9.58. The van der Waals surface area contributed by atoms with Gasteiger partial charge in [0.1, 0.15) is 0 Å². The number of hydrogen-bond acceptors (Lipinski definition) is 4. The fraction of sp³-hybridized carbons (Fsp3) is 0.0182. The highest BCUT2D eigenvalue weighted by molar-refractivity contribution is 7.99. The van der Waals surface area contributed by atoms with Crippen LogP contribution in [-0.2, 0) is 5.41 Å². The SMILES string of the molecule is c1ccc(-c2ccc3c(c2)Sc2cc(Nc4cccc5c4sc4ccc(N(c6ccccc6)c6ccccc6)cc45)ccc2C32c3ccccc3-c3ccccc32)cc1. The Morgan fingerprint density at radius 1 is 0.407 bits per heavy atom. The predicted octanol–water partition coefficient (Wildman–Crippen LogP) is 15.8. The molecule has 4 heteroatoms. The molecule has 0 atom stereocenters. The monoisotopic (exact) mass is 788 g/mol. The van der Waals surface area contributed by atoms with Gasteiger partial charge in [-0.3, -0.25) is 0 Å². The van der Waals surface area contributed by atoms with Gasteiger partial charge in [-0.05, 0) is 111 Å². The molecule has 10 aromatic rings. The van der Waals surface area contributed by atoms with E-state index < -0.39 is 5.41 Å². The first-order chi connectivity index (χ1) is 29.2. The largest absolute Gasteiger partial charge is 0.354 e. The molecule has 1 aliphatic heterocycles. The lowest BCUT2D eigenvalue weighted by atomic mass is 9.67. The Hall–Kier alpha value is -6.85. The second-order valence-electron chi connectivity index (χ2n) is 15.3. The Labute approximate surface area is 352 Å². The number of benzene rings is 9. The van der Waals surface area contributed by atoms with E-state index >= 15 is 0 Å². The number of nitrogens with zero attached hydrogens (tertiary/aromatic N) is 1. The summed E-state index contributed by atoms with van der Waals surface area (Å²) in [5, 5.41) is 6.43. The molecule has 0 saturated carbocycles. The first-order valence-electron chi connectivity index (χ1n) is 20.1. The van der Waals surface area contributed by atoms with Crippen LogP contribution in [0.4, 0.5) is 28.4 Å². The zero-order valence-electron chi connectivity index (χ0n) is 32.0. The number of rotatable bonds is 6. The summed E-state index contributed by atoms with van der Waals surface area (Å²) >= 11 is 3.74. The molecule has 278 valence electrons. The smallest absolute Gasteiger partial charge is 0.0735 e. The Morgan fingerprint density at radius 2 is 1.02 bits per heavy atom. The van der Waals surface area contributed by atoms with Crippen LogP contribution in [0.1, 0.15) is 22.3 Å². The average molecular weight is 789 g/mol. The van der Waals surface area contributed by atoms with Crippen molar-refractivity contribution < 1.29 is 0 Å². The van der Waals surface area contributed by atoms with Crippen molar-refractivity contribution in [2.45, 2.75) is 15.2 Å². The number of hydrogen-bond donors (Lipinski definition) is 1. The number of para-hydroxylation sites is 2. The highest BCUT2D eigenvalue weighted by Gasteiger charge is 2.50. The van der Waals surface area contributed by atoms with Gasteiger partial charge in [0.05, 0.1) is 15.8 Å². The molecule has 0 fully saturated rings. The molecule has 2 heterocycles. The molecule has 12 rings (SSSR count). The van der Waals surface area contributed by atoms with Crippen LogP contribution in [0.5, 0.6) is 0 Å². The number of nitrogens with one attached hydrogen (secondary N) is 1. The standard InChI is InChI=1S/C55H36N2S2/c1-4-15-36(16-5-1)37-27-30-48-52(33-37)58-53-34-38(28-31-49(53)55(48)46-24-12-10-21-42(46)43-22-11-13-25-47(43)55)56-50-26-14-23-44-45-35-41(29-32-51(45)59-54(44)50)57(39-17-6-2-7-18-39)40-19-8-3-9-20-40/h1-35,56H. The molecule has 0 radical (unpaired) electrons. The molecule has 0 saturated heterocycles. The number of fused-ring (bicyclic) bond motifs is 12. The van der Waals surface area contributed by atoms with Gasteiger partial charge in [-0.2, -0.15) is 0 Å². The lowest BCUT2D eigenvalue weighted by molar-refractivity contribution is 0.723. The van der Waals surface area contributed by atoms with Crippen LogP contribution in [0.2, 0.25) is 0 Å². The Kier molecular flexibility index (Phi) is 7.90. The molecule has 1 spiro atoms. The predicted molar refractivity (Wildman–Crippen MR) is 251 cm³/mol. The normalized spacial score (nSPS) is 13.2. The molecular weight excluding hydrogens is 753 g/mol. The summed E-state index contributed by atoms with van der Waals surface area (Å²) in [6.45, 7) is 0. The zero-order chi connectivity index (χ0) is 38.9. The third-order valence-electron chi connectivity index (χ3n) is 12.1. The minimum atomic E-state index is -0.423. The first kappa shape index (κ1) is 34.2. The third kappa shape index (κ3) is 5.34. The van der Waals surface area contributed by atoms with Crippen LogP contribution in [0.3, 0.4) is 0 Å². The van der Waals surface area contributed by atoms with Gasteiger partial charge in [-0.15, -0.1) is 11.3 Å². The van der Waals surface area contributed by atoms with Crippen molar-refractivity contribution in [2.75, 3.05) is 10.2 Å². The lowest BCUT2D eigenvalue weighted by Crippen LogP contribution is -2.32. The van der Waals surface area contributed by atoms with E-state index in [2.05, 4.69) is 223 Å². The van der Waals surface area contributed by atoms with E-state index in [4.69, 9.17) is 0 Å². The van der Waals surface area contributed by atoms with Crippen LogP contribution >= 0.6 is 23.1 Å². The van der Waals surface area contributed by atoms with Gasteiger partial charge in [0.15, 0.2) is 0 Å². The van der Waals surface area contributed by atoms with Gasteiger partial charge < -0.3 is 10.2 Å². The molecule has 2 nitrogen and oxygen atoms in total. The summed E-state index contributed by atoms with van der Waals surface area (Å²) in [4.78, 5) is 4.91. The van der Waals surface area contributed by atoms with Gasteiger partial charge in [0.2, 0.25) is 0 Å². The molecule has 2 aliphatic rings. The van der Waals surface area contributed by atoms with Crippen LogP contribution in [-0.4, -0.2) is 0 Å². The second kappa shape index (κ2) is 13.6. The van der Waals surface area contributed by atoms with Gasteiger partial charge in [0, 0.05) is 48.0 Å². The molecule has 1 aromatic heterocycles. The Morgan fingerprint density at radius 3 is 1.71 bits per heavy atom. The Bertz CT molecular complexity index is 3140. The second-order valence-corrected chi connectivity index (χ2v) is 17.5. The van der Waals surface area contributed by atoms with E-state index in [-0.39, 0.29) is 0 Å². The fourth-order valence-corrected chi connectivity index (χ4v) is 12.0. The molecule has 1 aliphatic carbocycles. The van der Waals surface area contributed by atoms with Gasteiger partial charge in [-0.25, -0.2) is 0 Å². The average Bonchev–Trinajstić information content (AvgIpc) is 3.82. The van der Waals surface area contributed by atoms with Gasteiger partial charge in [0.25, 0.3) is 0 Å². The van der Waals surface area contributed by atoms with E-state index in [0.717, 1.165) is 28.4 Å². The van der Waals surface area contributed by atoms with Crippen molar-refractivity contribution in [2.24, 2.45) is 0 Å². The molecule has 0 amide bonds. The molecule has 0 bridgehead atoms. The molecular formula is C55H36N2S2. The zero-order valence-corrected chi connectivity index (χ0v) is 33.6. The quantitative estimate of drug-likeness (QED) is 0.181. The highest BCUT2D eigenvalue weighted by atomic mass is 32.2. The summed E-state index contributed by atoms with van der Waals surface area (Å²) in [6.07, 6.45) is 0. The van der Waals surface area contributed by atoms with Crippen molar-refractivity contribution in [3.05, 3.63) is 235 Å². The van der Waals surface area contributed by atoms with E-state index in [9.17, 15) is 0 Å². The van der Waals surface area contributed by atoms with Crippen LogP contribution < -0.4 is 10.2 Å². The van der Waals surface area contributed by atoms with Crippen molar-refractivity contribution in [1.82, 2.24) is 0 Å². The summed E-state index contributed by atoms with van der Waals surface area (Å²) in [7, 11) is 0. The highest BCUT2D eigenvalue weighted by Crippen LogP contribution is 2.62. The maximum Gasteiger partial charge on any atom is 0.0735 e. The topological polar surface area (TPSA) is 15.3 Å². The minimum Gasteiger partial charge on any atom is -0.354 e. The molecule has 0 unspecified atom stereocenters. The lowest BCUT2D eigenvalue weighted by Gasteiger charge is -2.40. The molecule has 1 N–H and O–H groups in total. The van der Waals surface area contributed by atoms with Gasteiger partial charge in [-0.1, -0.05) is 157 Å². The van der Waals surface area contributed by atoms with Crippen molar-refractivity contribution in [1.29, 1.82) is 0 Å². The van der Waals surface area contributed by atoms with Crippen molar-refractivity contribution in [3.63, 3.8) is 0 Å². The summed E-state index contributed by atoms with van der Waals surface area (Å²) in [5.74, 6) is 0. The van der Waals surface area contributed by atoms with E-state index in [1.54, 1.807) is 0 Å².